The SMILES string of the molecule is CCCC[NH+](CCCC)CCCC.CCN(CC)C(=S)[S-]. The first-order valence-electron chi connectivity index (χ1n) is 8.86. The predicted molar refractivity (Wildman–Crippen MR) is 103 cm³/mol. The predicted octanol–water partition coefficient (Wildman–Crippen LogP) is 3.43. The van der Waals surface area contributed by atoms with Crippen LogP contribution in [-0.2, 0) is 12.6 Å². The number of hydrogen-bond acceptors (Lipinski definition) is 2. The lowest BCUT2D eigenvalue weighted by atomic mass is 10.2. The second-order valence-corrected chi connectivity index (χ2v) is 6.53. The highest BCUT2D eigenvalue weighted by Crippen LogP contribution is 1.87. The van der Waals surface area contributed by atoms with Gasteiger partial charge in [0, 0.05) is 13.1 Å². The maximum absolute atomic E-state index is 4.76. The molecule has 0 saturated carbocycles. The van der Waals surface area contributed by atoms with Crippen LogP contribution in [0.2, 0.25) is 0 Å². The third-order valence-electron chi connectivity index (χ3n) is 3.67. The number of nitrogens with zero attached hydrogens (tertiary/aromatic N) is 1. The first-order chi connectivity index (χ1) is 10.1. The molecule has 21 heavy (non-hydrogen) atoms. The third kappa shape index (κ3) is 16.3. The summed E-state index contributed by atoms with van der Waals surface area (Å²) in [6.45, 7) is 17.0. The van der Waals surface area contributed by atoms with E-state index in [1.54, 1.807) is 0 Å². The summed E-state index contributed by atoms with van der Waals surface area (Å²) in [7, 11) is 0. The maximum atomic E-state index is 4.76. The van der Waals surface area contributed by atoms with Crippen molar-refractivity contribution in [3.8, 4) is 0 Å². The zero-order valence-corrected chi connectivity index (χ0v) is 16.7. The average Bonchev–Trinajstić information content (AvgIpc) is 2.48. The van der Waals surface area contributed by atoms with Gasteiger partial charge in [-0.1, -0.05) is 44.4 Å². The molecule has 0 aliphatic heterocycles. The first kappa shape index (κ1) is 23.3. The Kier molecular flexibility index (Phi) is 20.1. The van der Waals surface area contributed by atoms with Crippen molar-refractivity contribution in [3.05, 3.63) is 0 Å². The van der Waals surface area contributed by atoms with Gasteiger partial charge in [-0.15, -0.1) is 0 Å². The monoisotopic (exact) mass is 334 g/mol. The second-order valence-electron chi connectivity index (χ2n) is 5.50. The standard InChI is InChI=1S/C12H27N.C5H11NS2/c1-4-7-10-13(11-8-5-2)12-9-6-3;1-3-6(4-2)5(7)8/h4-12H2,1-3H3;3-4H2,1-2H3,(H,7,8). The van der Waals surface area contributed by atoms with Gasteiger partial charge in [0.25, 0.3) is 0 Å². The van der Waals surface area contributed by atoms with Crippen molar-refractivity contribution in [3.63, 3.8) is 0 Å². The van der Waals surface area contributed by atoms with Crippen molar-refractivity contribution in [2.45, 2.75) is 73.1 Å². The smallest absolute Gasteiger partial charge is 0.0770 e. The van der Waals surface area contributed by atoms with Gasteiger partial charge in [-0.25, -0.2) is 0 Å². The van der Waals surface area contributed by atoms with Crippen molar-refractivity contribution in [2.75, 3.05) is 32.7 Å². The Balaban J connectivity index is 0. The summed E-state index contributed by atoms with van der Waals surface area (Å²) in [4.78, 5) is 3.80. The van der Waals surface area contributed by atoms with E-state index in [-0.39, 0.29) is 0 Å². The van der Waals surface area contributed by atoms with E-state index in [1.165, 1.54) is 58.2 Å². The van der Waals surface area contributed by atoms with Crippen molar-refractivity contribution in [1.29, 1.82) is 0 Å². The molecular formula is C17H38N2S2. The number of unbranched alkanes of at least 4 members (excludes halogenated alkanes) is 3. The van der Waals surface area contributed by atoms with E-state index < -0.39 is 0 Å². The molecule has 0 aromatic carbocycles. The number of rotatable bonds is 11. The molecule has 1 N–H and O–H groups in total. The molecule has 4 heteroatoms. The molecule has 2 nitrogen and oxygen atoms in total. The molecule has 0 atom stereocenters. The Morgan fingerprint density at radius 1 is 0.810 bits per heavy atom. The highest BCUT2D eigenvalue weighted by Gasteiger charge is 2.05. The highest BCUT2D eigenvalue weighted by atomic mass is 32.1. The minimum Gasteiger partial charge on any atom is -0.411 e. The van der Waals surface area contributed by atoms with Crippen LogP contribution in [0.3, 0.4) is 0 Å². The summed E-state index contributed by atoms with van der Waals surface area (Å²) in [5.41, 5.74) is 0. The first-order valence-corrected chi connectivity index (χ1v) is 9.68. The number of thiocarbonyl (C=S) groups is 1. The van der Waals surface area contributed by atoms with Gasteiger partial charge in [0.2, 0.25) is 0 Å². The molecule has 0 rings (SSSR count). The van der Waals surface area contributed by atoms with Gasteiger partial charge in [0.05, 0.1) is 19.6 Å². The largest absolute Gasteiger partial charge is 0.411 e. The lowest BCUT2D eigenvalue weighted by Crippen LogP contribution is -3.12. The average molecular weight is 335 g/mol. The fraction of sp³-hybridized carbons (Fsp3) is 0.941. The molecule has 0 fully saturated rings. The van der Waals surface area contributed by atoms with Crippen LogP contribution in [0.4, 0.5) is 0 Å². The second kappa shape index (κ2) is 18.1. The molecule has 0 bridgehead atoms. The Labute approximate surface area is 145 Å². The highest BCUT2D eigenvalue weighted by molar-refractivity contribution is 8.00. The summed E-state index contributed by atoms with van der Waals surface area (Å²) in [5, 5.41) is 0. The van der Waals surface area contributed by atoms with Crippen molar-refractivity contribution in [2.24, 2.45) is 0 Å². The number of nitrogens with one attached hydrogen (secondary N) is 1. The van der Waals surface area contributed by atoms with Crippen LogP contribution in [0.25, 0.3) is 0 Å². The quantitative estimate of drug-likeness (QED) is 0.458. The Hall–Kier alpha value is 0.0700. The lowest BCUT2D eigenvalue weighted by Gasteiger charge is -2.24. The summed E-state index contributed by atoms with van der Waals surface area (Å²) in [6.07, 6.45) is 8.26. The lowest BCUT2D eigenvalue weighted by molar-refractivity contribution is -0.900. The fourth-order valence-electron chi connectivity index (χ4n) is 2.14. The van der Waals surface area contributed by atoms with Crippen molar-refractivity contribution >= 4 is 29.2 Å². The van der Waals surface area contributed by atoms with Crippen LogP contribution < -0.4 is 4.90 Å². The fourth-order valence-corrected chi connectivity index (χ4v) is 2.65. The van der Waals surface area contributed by atoms with Crippen molar-refractivity contribution < 1.29 is 4.90 Å². The molecule has 128 valence electrons. The topological polar surface area (TPSA) is 7.68 Å². The molecule has 0 aromatic heterocycles. The van der Waals surface area contributed by atoms with Gasteiger partial charge in [-0.2, -0.15) is 0 Å². The van der Waals surface area contributed by atoms with Crippen LogP contribution in [-0.4, -0.2) is 41.9 Å². The van der Waals surface area contributed by atoms with E-state index in [1.807, 2.05) is 23.6 Å². The summed E-state index contributed by atoms with van der Waals surface area (Å²) < 4.78 is 0.579. The molecule has 0 aromatic rings. The van der Waals surface area contributed by atoms with Gasteiger partial charge in [0.1, 0.15) is 0 Å². The molecule has 0 aliphatic carbocycles. The van der Waals surface area contributed by atoms with Gasteiger partial charge < -0.3 is 34.6 Å². The Bertz CT molecular complexity index is 200. The van der Waals surface area contributed by atoms with Crippen LogP contribution in [0.5, 0.6) is 0 Å². The van der Waals surface area contributed by atoms with Crippen LogP contribution in [0.1, 0.15) is 73.1 Å². The molecule has 0 heterocycles. The summed E-state index contributed by atoms with van der Waals surface area (Å²) >= 11 is 9.51. The summed E-state index contributed by atoms with van der Waals surface area (Å²) in [6, 6.07) is 0. The van der Waals surface area contributed by atoms with Crippen molar-refractivity contribution in [1.82, 2.24) is 4.90 Å². The normalized spacial score (nSPS) is 10.2. The Morgan fingerprint density at radius 2 is 1.14 bits per heavy atom. The van der Waals surface area contributed by atoms with E-state index in [0.29, 0.717) is 4.32 Å². The number of quaternary nitrogens is 1. The van der Waals surface area contributed by atoms with Gasteiger partial charge in [-0.05, 0) is 33.1 Å². The van der Waals surface area contributed by atoms with Gasteiger partial charge in [-0.3, -0.25) is 0 Å². The van der Waals surface area contributed by atoms with E-state index >= 15 is 0 Å². The third-order valence-corrected chi connectivity index (χ3v) is 4.19. The van der Waals surface area contributed by atoms with Gasteiger partial charge >= 0.3 is 0 Å². The van der Waals surface area contributed by atoms with Crippen LogP contribution in [0.15, 0.2) is 0 Å². The van der Waals surface area contributed by atoms with Crippen LogP contribution in [0, 0.1) is 0 Å². The zero-order valence-electron chi connectivity index (χ0n) is 15.0. The molecule has 0 amide bonds. The van der Waals surface area contributed by atoms with E-state index in [0.717, 1.165) is 13.1 Å². The van der Waals surface area contributed by atoms with Crippen LogP contribution >= 0.6 is 12.2 Å². The molecule has 0 saturated heterocycles. The minimum absolute atomic E-state index is 0.579. The van der Waals surface area contributed by atoms with Gasteiger partial charge in [0.15, 0.2) is 0 Å². The molecule has 0 spiro atoms. The van der Waals surface area contributed by atoms with E-state index in [2.05, 4.69) is 20.8 Å². The molecule has 0 aliphatic rings. The minimum atomic E-state index is 0.579. The van der Waals surface area contributed by atoms with E-state index in [4.69, 9.17) is 24.8 Å². The summed E-state index contributed by atoms with van der Waals surface area (Å²) in [5.74, 6) is 0. The molecule has 0 unspecified atom stereocenters. The number of hydrogen-bond donors (Lipinski definition) is 1. The molecular weight excluding hydrogens is 296 g/mol. The maximum Gasteiger partial charge on any atom is 0.0770 e. The molecule has 0 radical (unpaired) electrons. The Morgan fingerprint density at radius 3 is 1.29 bits per heavy atom. The van der Waals surface area contributed by atoms with E-state index in [9.17, 15) is 0 Å². The zero-order chi connectivity index (χ0) is 16.5.